The Bertz CT molecular complexity index is 332. The van der Waals surface area contributed by atoms with Gasteiger partial charge in [0.05, 0.1) is 12.2 Å². The molecule has 4 heteroatoms. The lowest BCUT2D eigenvalue weighted by molar-refractivity contribution is -0.131. The fourth-order valence-electron chi connectivity index (χ4n) is 3.65. The molecule has 2 aliphatic heterocycles. The van der Waals surface area contributed by atoms with E-state index in [-0.39, 0.29) is 12.2 Å². The predicted molar refractivity (Wildman–Crippen MR) is 82.4 cm³/mol. The van der Waals surface area contributed by atoms with E-state index >= 15 is 0 Å². The minimum absolute atomic E-state index is 0.0167. The second-order valence-corrected chi connectivity index (χ2v) is 6.61. The molecule has 20 heavy (non-hydrogen) atoms. The molecular formula is C16H31N3O. The maximum atomic E-state index is 12.7. The Kier molecular flexibility index (Phi) is 5.44. The van der Waals surface area contributed by atoms with Crippen molar-refractivity contribution in [3.05, 3.63) is 0 Å². The van der Waals surface area contributed by atoms with E-state index in [1.165, 1.54) is 19.4 Å². The van der Waals surface area contributed by atoms with Crippen molar-refractivity contribution in [2.45, 2.75) is 71.6 Å². The van der Waals surface area contributed by atoms with Gasteiger partial charge in [-0.2, -0.15) is 0 Å². The normalized spacial score (nSPS) is 31.8. The quantitative estimate of drug-likeness (QED) is 0.809. The molecule has 0 radical (unpaired) electrons. The van der Waals surface area contributed by atoms with Gasteiger partial charge in [0, 0.05) is 12.6 Å². The Balaban J connectivity index is 2.04. The first-order valence-electron chi connectivity index (χ1n) is 8.39. The number of carbonyl (C=O) groups is 1. The van der Waals surface area contributed by atoms with E-state index in [0.717, 1.165) is 25.9 Å². The van der Waals surface area contributed by atoms with Crippen LogP contribution in [0.15, 0.2) is 0 Å². The molecule has 2 aliphatic rings. The topological polar surface area (TPSA) is 35.6 Å². The molecule has 2 rings (SSSR count). The van der Waals surface area contributed by atoms with Crippen LogP contribution in [0.3, 0.4) is 0 Å². The van der Waals surface area contributed by atoms with Gasteiger partial charge in [-0.05, 0) is 38.3 Å². The molecule has 1 N–H and O–H groups in total. The molecule has 4 nitrogen and oxygen atoms in total. The lowest BCUT2D eigenvalue weighted by Crippen LogP contribution is -2.45. The lowest BCUT2D eigenvalue weighted by atomic mass is 10.0. The van der Waals surface area contributed by atoms with Gasteiger partial charge in [0.1, 0.15) is 0 Å². The van der Waals surface area contributed by atoms with Gasteiger partial charge in [0.2, 0.25) is 5.91 Å². The van der Waals surface area contributed by atoms with Crippen molar-refractivity contribution in [1.29, 1.82) is 0 Å². The minimum Gasteiger partial charge on any atom is -0.324 e. The number of carbonyl (C=O) groups excluding carboxylic acids is 1. The molecule has 1 amide bonds. The van der Waals surface area contributed by atoms with Crippen molar-refractivity contribution in [1.82, 2.24) is 15.1 Å². The zero-order chi connectivity index (χ0) is 14.7. The van der Waals surface area contributed by atoms with Crippen molar-refractivity contribution in [2.24, 2.45) is 5.92 Å². The zero-order valence-corrected chi connectivity index (χ0v) is 13.6. The van der Waals surface area contributed by atoms with Gasteiger partial charge < -0.3 is 4.90 Å². The van der Waals surface area contributed by atoms with Gasteiger partial charge in [-0.3, -0.25) is 15.0 Å². The first kappa shape index (κ1) is 15.8. The summed E-state index contributed by atoms with van der Waals surface area (Å²) in [6.07, 6.45) is 4.95. The number of amides is 1. The summed E-state index contributed by atoms with van der Waals surface area (Å²) in [5.41, 5.74) is 0. The second-order valence-electron chi connectivity index (χ2n) is 6.61. The fraction of sp³-hybridized carbons (Fsp3) is 0.938. The van der Waals surface area contributed by atoms with Crippen LogP contribution in [-0.4, -0.2) is 53.6 Å². The van der Waals surface area contributed by atoms with Crippen LogP contribution in [0.2, 0.25) is 0 Å². The Morgan fingerprint density at radius 1 is 1.35 bits per heavy atom. The van der Waals surface area contributed by atoms with Gasteiger partial charge in [0.15, 0.2) is 0 Å². The Labute approximate surface area is 123 Å². The maximum absolute atomic E-state index is 12.7. The van der Waals surface area contributed by atoms with Crippen LogP contribution in [0.5, 0.6) is 0 Å². The van der Waals surface area contributed by atoms with Gasteiger partial charge in [-0.25, -0.2) is 0 Å². The SMILES string of the molecule is CCCC1NC(C(C)C)C(=O)N1CC1CCCN1CC. The average molecular weight is 281 g/mol. The number of likely N-dealkylation sites (N-methyl/N-ethyl adjacent to an activating group) is 1. The average Bonchev–Trinajstić information content (AvgIpc) is 2.98. The summed E-state index contributed by atoms with van der Waals surface area (Å²) in [4.78, 5) is 17.3. The highest BCUT2D eigenvalue weighted by molar-refractivity contribution is 5.84. The molecule has 0 saturated carbocycles. The molecule has 2 heterocycles. The highest BCUT2D eigenvalue weighted by Gasteiger charge is 2.41. The largest absolute Gasteiger partial charge is 0.324 e. The summed E-state index contributed by atoms with van der Waals surface area (Å²) in [6, 6.07) is 0.582. The highest BCUT2D eigenvalue weighted by Crippen LogP contribution is 2.24. The minimum atomic E-state index is 0.0167. The van der Waals surface area contributed by atoms with Crippen LogP contribution < -0.4 is 5.32 Å². The summed E-state index contributed by atoms with van der Waals surface area (Å²) >= 11 is 0. The number of nitrogens with one attached hydrogen (secondary N) is 1. The van der Waals surface area contributed by atoms with Crippen LogP contribution in [-0.2, 0) is 4.79 Å². The third-order valence-corrected chi connectivity index (χ3v) is 4.84. The van der Waals surface area contributed by atoms with Crippen molar-refractivity contribution >= 4 is 5.91 Å². The summed E-state index contributed by atoms with van der Waals surface area (Å²) in [5, 5.41) is 3.56. The van der Waals surface area contributed by atoms with E-state index in [9.17, 15) is 4.79 Å². The number of hydrogen-bond acceptors (Lipinski definition) is 3. The molecule has 3 unspecified atom stereocenters. The van der Waals surface area contributed by atoms with Crippen molar-refractivity contribution in [2.75, 3.05) is 19.6 Å². The number of hydrogen-bond donors (Lipinski definition) is 1. The Morgan fingerprint density at radius 2 is 2.10 bits per heavy atom. The number of nitrogens with zero attached hydrogens (tertiary/aromatic N) is 2. The third-order valence-electron chi connectivity index (χ3n) is 4.84. The van der Waals surface area contributed by atoms with Crippen molar-refractivity contribution in [3.8, 4) is 0 Å². The summed E-state index contributed by atoms with van der Waals surface area (Å²) < 4.78 is 0. The van der Waals surface area contributed by atoms with Crippen molar-refractivity contribution < 1.29 is 4.79 Å². The van der Waals surface area contributed by atoms with Crippen LogP contribution in [0, 0.1) is 5.92 Å². The lowest BCUT2D eigenvalue weighted by Gasteiger charge is -2.31. The van der Waals surface area contributed by atoms with E-state index in [2.05, 4.69) is 42.8 Å². The molecule has 3 atom stereocenters. The van der Waals surface area contributed by atoms with Gasteiger partial charge in [-0.1, -0.05) is 34.1 Å². The van der Waals surface area contributed by atoms with E-state index in [1.54, 1.807) is 0 Å². The molecule has 116 valence electrons. The van der Waals surface area contributed by atoms with Crippen LogP contribution in [0.25, 0.3) is 0 Å². The van der Waals surface area contributed by atoms with Crippen LogP contribution in [0.1, 0.15) is 53.4 Å². The second kappa shape index (κ2) is 6.90. The highest BCUT2D eigenvalue weighted by atomic mass is 16.2. The van der Waals surface area contributed by atoms with Gasteiger partial charge in [0.25, 0.3) is 0 Å². The molecule has 0 aromatic rings. The molecule has 0 aromatic carbocycles. The maximum Gasteiger partial charge on any atom is 0.241 e. The molecule has 2 saturated heterocycles. The number of rotatable bonds is 6. The smallest absolute Gasteiger partial charge is 0.241 e. The Hall–Kier alpha value is -0.610. The van der Waals surface area contributed by atoms with Gasteiger partial charge in [-0.15, -0.1) is 0 Å². The molecule has 2 fully saturated rings. The van der Waals surface area contributed by atoms with E-state index in [0.29, 0.717) is 17.9 Å². The fourth-order valence-corrected chi connectivity index (χ4v) is 3.65. The first-order valence-corrected chi connectivity index (χ1v) is 8.39. The van der Waals surface area contributed by atoms with E-state index in [1.807, 2.05) is 0 Å². The predicted octanol–water partition coefficient (Wildman–Crippen LogP) is 2.05. The van der Waals surface area contributed by atoms with Crippen LogP contribution in [0.4, 0.5) is 0 Å². The molecular weight excluding hydrogens is 250 g/mol. The summed E-state index contributed by atoms with van der Waals surface area (Å²) in [6.45, 7) is 11.9. The third kappa shape index (κ3) is 3.17. The molecule has 0 aromatic heterocycles. The van der Waals surface area contributed by atoms with Gasteiger partial charge >= 0.3 is 0 Å². The number of likely N-dealkylation sites (tertiary alicyclic amines) is 1. The summed E-state index contributed by atoms with van der Waals surface area (Å²) in [7, 11) is 0. The van der Waals surface area contributed by atoms with E-state index < -0.39 is 0 Å². The summed E-state index contributed by atoms with van der Waals surface area (Å²) in [5.74, 6) is 0.694. The zero-order valence-electron chi connectivity index (χ0n) is 13.6. The molecule has 0 spiro atoms. The first-order chi connectivity index (χ1) is 9.58. The molecule has 0 bridgehead atoms. The van der Waals surface area contributed by atoms with Crippen LogP contribution >= 0.6 is 0 Å². The monoisotopic (exact) mass is 281 g/mol. The van der Waals surface area contributed by atoms with Crippen molar-refractivity contribution in [3.63, 3.8) is 0 Å². The standard InChI is InChI=1S/C16H31N3O/c1-5-8-14-17-15(12(3)4)16(20)19(14)11-13-9-7-10-18(13)6-2/h12-15,17H,5-11H2,1-4H3. The Morgan fingerprint density at radius 3 is 2.70 bits per heavy atom. The van der Waals surface area contributed by atoms with E-state index in [4.69, 9.17) is 0 Å². The molecule has 0 aliphatic carbocycles.